The summed E-state index contributed by atoms with van der Waals surface area (Å²) in [5.41, 5.74) is 3.62. The molecule has 2 N–H and O–H groups in total. The molecule has 9 heteroatoms. The fourth-order valence-corrected chi connectivity index (χ4v) is 3.86. The van der Waals surface area contributed by atoms with E-state index in [1.54, 1.807) is 29.3 Å². The highest BCUT2D eigenvalue weighted by Gasteiger charge is 2.19. The third-order valence-electron chi connectivity index (χ3n) is 5.51. The number of anilines is 2. The number of aromatic nitrogens is 4. The van der Waals surface area contributed by atoms with E-state index in [0.717, 1.165) is 11.1 Å². The Labute approximate surface area is 205 Å². The minimum absolute atomic E-state index is 0.0190. The molecule has 3 heterocycles. The monoisotopic (exact) mass is 480 g/mol. The number of halogens is 1. The van der Waals surface area contributed by atoms with E-state index < -0.39 is 17.6 Å². The van der Waals surface area contributed by atoms with Crippen molar-refractivity contribution in [1.82, 2.24) is 19.7 Å². The van der Waals surface area contributed by atoms with Crippen molar-refractivity contribution >= 4 is 34.2 Å². The van der Waals surface area contributed by atoms with Gasteiger partial charge in [0, 0.05) is 30.6 Å². The third-order valence-corrected chi connectivity index (χ3v) is 5.51. The summed E-state index contributed by atoms with van der Waals surface area (Å²) in [5, 5.41) is 10.3. The van der Waals surface area contributed by atoms with Gasteiger partial charge in [-0.1, -0.05) is 36.4 Å². The molecule has 0 saturated heterocycles. The Bertz CT molecular complexity index is 1570. The average Bonchev–Trinajstić information content (AvgIpc) is 3.29. The molecule has 0 aliphatic heterocycles. The van der Waals surface area contributed by atoms with Crippen molar-refractivity contribution < 1.29 is 14.0 Å². The molecule has 3 aromatic heterocycles. The predicted molar refractivity (Wildman–Crippen MR) is 135 cm³/mol. The summed E-state index contributed by atoms with van der Waals surface area (Å²) >= 11 is 0. The lowest BCUT2D eigenvalue weighted by Crippen LogP contribution is -2.14. The molecule has 2 amide bonds. The largest absolute Gasteiger partial charge is 0.324 e. The van der Waals surface area contributed by atoms with Crippen LogP contribution in [0, 0.1) is 5.82 Å². The van der Waals surface area contributed by atoms with Crippen molar-refractivity contribution in [2.45, 2.75) is 13.5 Å². The maximum absolute atomic E-state index is 14.1. The number of hydrogen-bond acceptors (Lipinski definition) is 5. The van der Waals surface area contributed by atoms with E-state index in [2.05, 4.69) is 20.7 Å². The second-order valence-corrected chi connectivity index (χ2v) is 8.15. The Balaban J connectivity index is 1.56. The fourth-order valence-electron chi connectivity index (χ4n) is 3.86. The highest BCUT2D eigenvalue weighted by atomic mass is 19.1. The van der Waals surface area contributed by atoms with Gasteiger partial charge in [-0.25, -0.2) is 14.1 Å². The van der Waals surface area contributed by atoms with Gasteiger partial charge in [-0.3, -0.25) is 14.6 Å². The quantitative estimate of drug-likeness (QED) is 0.360. The standard InChI is InChI=1S/C27H21FN6O2/c1-17(35)31-25-12-20(9-10-23(25)28)32-27(36)21-13-24(19-7-3-2-4-8-19)33-26-22(21)15-30-34(26)16-18-6-5-11-29-14-18/h2-15H,16H2,1H3,(H,31,35)(H,32,36). The lowest BCUT2D eigenvalue weighted by atomic mass is 10.1. The Morgan fingerprint density at radius 2 is 1.81 bits per heavy atom. The van der Waals surface area contributed by atoms with Crippen LogP contribution in [0.5, 0.6) is 0 Å². The van der Waals surface area contributed by atoms with Gasteiger partial charge in [-0.15, -0.1) is 0 Å². The summed E-state index contributed by atoms with van der Waals surface area (Å²) < 4.78 is 15.8. The number of amides is 2. The molecule has 0 radical (unpaired) electrons. The molecule has 0 fully saturated rings. The number of carbonyl (C=O) groups excluding carboxylic acids is 2. The maximum atomic E-state index is 14.1. The summed E-state index contributed by atoms with van der Waals surface area (Å²) in [4.78, 5) is 33.8. The lowest BCUT2D eigenvalue weighted by Gasteiger charge is -2.11. The summed E-state index contributed by atoms with van der Waals surface area (Å²) in [6.07, 6.45) is 5.06. The lowest BCUT2D eigenvalue weighted by molar-refractivity contribution is -0.114. The fraction of sp³-hybridized carbons (Fsp3) is 0.0741. The highest BCUT2D eigenvalue weighted by Crippen LogP contribution is 2.27. The van der Waals surface area contributed by atoms with Gasteiger partial charge >= 0.3 is 0 Å². The van der Waals surface area contributed by atoms with Crippen LogP contribution >= 0.6 is 0 Å². The van der Waals surface area contributed by atoms with Crippen LogP contribution < -0.4 is 10.6 Å². The Hall–Kier alpha value is -4.92. The van der Waals surface area contributed by atoms with Gasteiger partial charge in [0.1, 0.15) is 5.82 Å². The number of hydrogen-bond donors (Lipinski definition) is 2. The first-order valence-corrected chi connectivity index (χ1v) is 11.2. The summed E-state index contributed by atoms with van der Waals surface area (Å²) in [5.74, 6) is -1.43. The first-order valence-electron chi connectivity index (χ1n) is 11.2. The van der Waals surface area contributed by atoms with Gasteiger partial charge in [0.25, 0.3) is 5.91 Å². The van der Waals surface area contributed by atoms with E-state index in [9.17, 15) is 14.0 Å². The smallest absolute Gasteiger partial charge is 0.256 e. The molecule has 0 saturated carbocycles. The number of carbonyl (C=O) groups is 2. The molecule has 0 spiro atoms. The molecule has 5 aromatic rings. The highest BCUT2D eigenvalue weighted by molar-refractivity contribution is 6.12. The van der Waals surface area contributed by atoms with Crippen LogP contribution in [-0.2, 0) is 11.3 Å². The number of benzene rings is 2. The Kier molecular flexibility index (Phi) is 6.19. The molecule has 0 atom stereocenters. The summed E-state index contributed by atoms with van der Waals surface area (Å²) in [7, 11) is 0. The van der Waals surface area contributed by atoms with E-state index in [4.69, 9.17) is 4.98 Å². The Morgan fingerprint density at radius 1 is 0.972 bits per heavy atom. The van der Waals surface area contributed by atoms with Crippen LogP contribution in [-0.4, -0.2) is 31.6 Å². The van der Waals surface area contributed by atoms with E-state index in [1.807, 2.05) is 42.5 Å². The normalized spacial score (nSPS) is 10.8. The van der Waals surface area contributed by atoms with Crippen LogP contribution in [0.1, 0.15) is 22.8 Å². The molecular formula is C27H21FN6O2. The van der Waals surface area contributed by atoms with Crippen molar-refractivity contribution in [3.63, 3.8) is 0 Å². The molecular weight excluding hydrogens is 459 g/mol. The molecule has 8 nitrogen and oxygen atoms in total. The van der Waals surface area contributed by atoms with Crippen LogP contribution in [0.15, 0.2) is 85.3 Å². The minimum Gasteiger partial charge on any atom is -0.324 e. The van der Waals surface area contributed by atoms with Crippen molar-refractivity contribution in [2.75, 3.05) is 10.6 Å². The first kappa shape index (κ1) is 22.9. The van der Waals surface area contributed by atoms with Crippen molar-refractivity contribution in [3.8, 4) is 11.3 Å². The minimum atomic E-state index is -0.599. The zero-order valence-corrected chi connectivity index (χ0v) is 19.3. The van der Waals surface area contributed by atoms with Crippen molar-refractivity contribution in [3.05, 3.63) is 102 Å². The molecule has 0 unspecified atom stereocenters. The third kappa shape index (κ3) is 4.80. The number of nitrogens with zero attached hydrogens (tertiary/aromatic N) is 4. The molecule has 2 aromatic carbocycles. The second kappa shape index (κ2) is 9.75. The molecule has 0 bridgehead atoms. The molecule has 5 rings (SSSR count). The number of rotatable bonds is 6. The zero-order valence-electron chi connectivity index (χ0n) is 19.3. The number of pyridine rings is 2. The number of fused-ring (bicyclic) bond motifs is 1. The topological polar surface area (TPSA) is 102 Å². The van der Waals surface area contributed by atoms with Crippen molar-refractivity contribution in [1.29, 1.82) is 0 Å². The van der Waals surface area contributed by atoms with Gasteiger partial charge in [-0.05, 0) is 35.9 Å². The van der Waals surface area contributed by atoms with E-state index in [-0.39, 0.29) is 5.69 Å². The van der Waals surface area contributed by atoms with Crippen LogP contribution in [0.3, 0.4) is 0 Å². The second-order valence-electron chi connectivity index (χ2n) is 8.15. The van der Waals surface area contributed by atoms with Gasteiger partial charge < -0.3 is 10.6 Å². The average molecular weight is 481 g/mol. The number of nitrogens with one attached hydrogen (secondary N) is 2. The summed E-state index contributed by atoms with van der Waals surface area (Å²) in [6.45, 7) is 1.72. The predicted octanol–water partition coefficient (Wildman–Crippen LogP) is 4.89. The van der Waals surface area contributed by atoms with E-state index >= 15 is 0 Å². The van der Waals surface area contributed by atoms with Gasteiger partial charge in [0.15, 0.2) is 5.65 Å². The van der Waals surface area contributed by atoms with Gasteiger partial charge in [0.05, 0.1) is 35.1 Å². The van der Waals surface area contributed by atoms with E-state index in [0.29, 0.717) is 34.5 Å². The van der Waals surface area contributed by atoms with Crippen LogP contribution in [0.4, 0.5) is 15.8 Å². The van der Waals surface area contributed by atoms with Gasteiger partial charge in [0.2, 0.25) is 5.91 Å². The van der Waals surface area contributed by atoms with Crippen LogP contribution in [0.25, 0.3) is 22.3 Å². The molecule has 0 aliphatic carbocycles. The Morgan fingerprint density at radius 3 is 2.56 bits per heavy atom. The molecule has 178 valence electrons. The maximum Gasteiger partial charge on any atom is 0.256 e. The van der Waals surface area contributed by atoms with Crippen molar-refractivity contribution in [2.24, 2.45) is 0 Å². The molecule has 36 heavy (non-hydrogen) atoms. The van der Waals surface area contributed by atoms with Gasteiger partial charge in [-0.2, -0.15) is 5.10 Å². The van der Waals surface area contributed by atoms with E-state index in [1.165, 1.54) is 25.1 Å². The zero-order chi connectivity index (χ0) is 25.1. The summed E-state index contributed by atoms with van der Waals surface area (Å²) in [6, 6.07) is 19.0. The van der Waals surface area contributed by atoms with Crippen LogP contribution in [0.2, 0.25) is 0 Å². The SMILES string of the molecule is CC(=O)Nc1cc(NC(=O)c2cc(-c3ccccc3)nc3c2cnn3Cc2cccnc2)ccc1F. The molecule has 0 aliphatic rings. The first-order chi connectivity index (χ1) is 17.5.